The Kier molecular flexibility index (Phi) is 3.77. The number of carboxylic acid groups (broad SMARTS) is 1. The van der Waals surface area contributed by atoms with E-state index in [4.69, 9.17) is 5.11 Å². The molecule has 6 nitrogen and oxygen atoms in total. The molecule has 0 unspecified atom stereocenters. The topological polar surface area (TPSA) is 80.9 Å². The molecule has 0 spiro atoms. The van der Waals surface area contributed by atoms with Crippen LogP contribution >= 0.6 is 24.0 Å². The van der Waals surface area contributed by atoms with Crippen LogP contribution in [0.2, 0.25) is 0 Å². The Morgan fingerprint density at radius 1 is 1.77 bits per heavy atom. The van der Waals surface area contributed by atoms with E-state index in [-0.39, 0.29) is 6.54 Å². The highest BCUT2D eigenvalue weighted by atomic mass is 32.2. The fraction of sp³-hybridized carbons (Fsp3) is 0.400. The van der Waals surface area contributed by atoms with Crippen LogP contribution < -0.4 is 0 Å². The van der Waals surface area contributed by atoms with Crippen LogP contribution in [0.1, 0.15) is 0 Å². The monoisotopic (exact) mass is 217 g/mol. The third-order valence-corrected chi connectivity index (χ3v) is 2.21. The second-order valence-corrected chi connectivity index (χ2v) is 3.18. The lowest BCUT2D eigenvalue weighted by molar-refractivity contribution is -0.138. The minimum absolute atomic E-state index is 0.243. The quantitative estimate of drug-likeness (QED) is 0.537. The van der Waals surface area contributed by atoms with Crippen molar-refractivity contribution in [2.45, 2.75) is 11.7 Å². The molecule has 1 aromatic rings. The molecule has 1 rings (SSSR count). The van der Waals surface area contributed by atoms with Gasteiger partial charge in [0.05, 0.1) is 0 Å². The van der Waals surface area contributed by atoms with Gasteiger partial charge in [0.25, 0.3) is 0 Å². The van der Waals surface area contributed by atoms with E-state index in [1.54, 1.807) is 0 Å². The molecule has 1 aromatic heterocycles. The molecule has 0 aliphatic heterocycles. The molecule has 0 amide bonds. The third-order valence-electron chi connectivity index (χ3n) is 1.04. The first-order valence-electron chi connectivity index (χ1n) is 3.20. The summed E-state index contributed by atoms with van der Waals surface area (Å²) < 4.78 is 1.19. The van der Waals surface area contributed by atoms with Crippen LogP contribution in [-0.4, -0.2) is 42.4 Å². The van der Waals surface area contributed by atoms with Crippen LogP contribution in [0, 0.1) is 0 Å². The largest absolute Gasteiger partial charge is 0.480 e. The van der Waals surface area contributed by atoms with E-state index in [1.165, 1.54) is 16.4 Å². The molecule has 0 saturated carbocycles. The molecule has 1 heterocycles. The first-order valence-corrected chi connectivity index (χ1v) is 4.59. The lowest BCUT2D eigenvalue weighted by Gasteiger charge is -1.97. The number of carbonyl (C=O) groups is 1. The smallest absolute Gasteiger partial charge is 0.325 e. The molecule has 0 atom stereocenters. The number of hydrogen-bond acceptors (Lipinski definition) is 6. The molecule has 8 heteroatoms. The molecule has 0 bridgehead atoms. The summed E-state index contributed by atoms with van der Waals surface area (Å²) in [5.74, 6) is -0.532. The Hall–Kier alpha value is -1.02. The minimum atomic E-state index is -0.986. The van der Waals surface area contributed by atoms with E-state index in [0.717, 1.165) is 0 Å². The van der Waals surface area contributed by atoms with Crippen LogP contribution in [0.15, 0.2) is 5.16 Å². The standard InChI is InChI=1S/C5H5N4O2S2/c10-4(11)3-9-5(6-7-8-9)13-2-1-12/h2-3H2,(H,10,11). The average Bonchev–Trinajstić information content (AvgIpc) is 2.48. The highest BCUT2D eigenvalue weighted by molar-refractivity contribution is 8.00. The van der Waals surface area contributed by atoms with Crippen molar-refractivity contribution < 1.29 is 9.90 Å². The van der Waals surface area contributed by atoms with E-state index in [9.17, 15) is 4.79 Å². The number of carboxylic acids is 1. The van der Waals surface area contributed by atoms with Gasteiger partial charge >= 0.3 is 5.97 Å². The summed E-state index contributed by atoms with van der Waals surface area (Å²) in [4.78, 5) is 10.3. The first-order chi connectivity index (χ1) is 6.24. The minimum Gasteiger partial charge on any atom is -0.480 e. The zero-order valence-electron chi connectivity index (χ0n) is 6.38. The lowest BCUT2D eigenvalue weighted by Crippen LogP contribution is -2.11. The maximum absolute atomic E-state index is 10.3. The summed E-state index contributed by atoms with van der Waals surface area (Å²) in [6.07, 6.45) is 0. The molecule has 13 heavy (non-hydrogen) atoms. The van der Waals surface area contributed by atoms with Crippen molar-refractivity contribution in [3.05, 3.63) is 0 Å². The van der Waals surface area contributed by atoms with Gasteiger partial charge in [-0.25, -0.2) is 4.68 Å². The normalized spacial score (nSPS) is 9.85. The Balaban J connectivity index is 2.65. The highest BCUT2D eigenvalue weighted by Crippen LogP contribution is 2.11. The lowest BCUT2D eigenvalue weighted by atomic mass is 10.7. The fourth-order valence-corrected chi connectivity index (χ4v) is 1.33. The average molecular weight is 217 g/mol. The molecule has 0 aliphatic rings. The van der Waals surface area contributed by atoms with Crippen LogP contribution in [0.4, 0.5) is 0 Å². The van der Waals surface area contributed by atoms with Crippen LogP contribution in [0.5, 0.6) is 0 Å². The summed E-state index contributed by atoms with van der Waals surface area (Å²) in [5.41, 5.74) is 0. The van der Waals surface area contributed by atoms with Crippen molar-refractivity contribution in [2.24, 2.45) is 0 Å². The summed E-state index contributed by atoms with van der Waals surface area (Å²) in [6, 6.07) is 0. The summed E-state index contributed by atoms with van der Waals surface area (Å²) >= 11 is 5.74. The van der Waals surface area contributed by atoms with Gasteiger partial charge in [-0.3, -0.25) is 4.79 Å². The van der Waals surface area contributed by atoms with Gasteiger partial charge in [-0.05, 0) is 10.4 Å². The number of tetrazole rings is 1. The van der Waals surface area contributed by atoms with Gasteiger partial charge in [-0.15, -0.1) is 5.10 Å². The molecular weight excluding hydrogens is 212 g/mol. The third kappa shape index (κ3) is 3.07. The number of aromatic nitrogens is 4. The van der Waals surface area contributed by atoms with Gasteiger partial charge < -0.3 is 5.11 Å². The molecule has 1 N–H and O–H groups in total. The first kappa shape index (κ1) is 10.1. The van der Waals surface area contributed by atoms with Gasteiger partial charge in [0, 0.05) is 11.1 Å². The molecule has 0 aromatic carbocycles. The number of thiocarbonyl (C=S) groups is 1. The van der Waals surface area contributed by atoms with Crippen molar-refractivity contribution in [3.8, 4) is 0 Å². The van der Waals surface area contributed by atoms with E-state index < -0.39 is 5.97 Å². The highest BCUT2D eigenvalue weighted by Gasteiger charge is 2.08. The number of nitrogens with zero attached hydrogens (tertiary/aromatic N) is 4. The van der Waals surface area contributed by atoms with Gasteiger partial charge in [0.2, 0.25) is 5.16 Å². The number of hydrogen-bond donors (Lipinski definition) is 1. The van der Waals surface area contributed by atoms with Crippen molar-refractivity contribution in [3.63, 3.8) is 0 Å². The summed E-state index contributed by atoms with van der Waals surface area (Å²) in [6.45, 7) is -0.243. The molecule has 1 radical (unpaired) electrons. The van der Waals surface area contributed by atoms with Gasteiger partial charge in [-0.2, -0.15) is 0 Å². The predicted molar refractivity (Wildman–Crippen MR) is 48.8 cm³/mol. The Labute approximate surface area is 83.3 Å². The van der Waals surface area contributed by atoms with Gasteiger partial charge in [0.15, 0.2) is 0 Å². The number of aliphatic carboxylic acids is 1. The number of rotatable bonds is 5. The molecule has 0 fully saturated rings. The number of thioether (sulfide) groups is 1. The van der Waals surface area contributed by atoms with Crippen molar-refractivity contribution in [1.82, 2.24) is 20.2 Å². The van der Waals surface area contributed by atoms with E-state index >= 15 is 0 Å². The predicted octanol–water partition coefficient (Wildman–Crippen LogP) is -0.274. The van der Waals surface area contributed by atoms with Crippen LogP contribution in [-0.2, 0) is 11.3 Å². The SMILES string of the molecule is O=C(O)Cn1nnnc1SC[C]=S. The zero-order valence-corrected chi connectivity index (χ0v) is 8.01. The van der Waals surface area contributed by atoms with Crippen LogP contribution in [0.3, 0.4) is 0 Å². The summed E-state index contributed by atoms with van der Waals surface area (Å²) in [7, 11) is 0. The van der Waals surface area contributed by atoms with Gasteiger partial charge in [0.1, 0.15) is 6.54 Å². The van der Waals surface area contributed by atoms with Crippen molar-refractivity contribution in [2.75, 3.05) is 5.75 Å². The molecule has 0 aliphatic carbocycles. The fourth-order valence-electron chi connectivity index (χ4n) is 0.621. The van der Waals surface area contributed by atoms with E-state index in [0.29, 0.717) is 10.9 Å². The zero-order chi connectivity index (χ0) is 9.68. The molecule has 69 valence electrons. The van der Waals surface area contributed by atoms with Crippen molar-refractivity contribution >= 4 is 35.3 Å². The van der Waals surface area contributed by atoms with E-state index in [1.807, 2.05) is 0 Å². The Morgan fingerprint density at radius 2 is 2.54 bits per heavy atom. The van der Waals surface area contributed by atoms with E-state index in [2.05, 4.69) is 33.1 Å². The van der Waals surface area contributed by atoms with Crippen molar-refractivity contribution in [1.29, 1.82) is 0 Å². The molecule has 0 saturated heterocycles. The second kappa shape index (κ2) is 4.87. The van der Waals surface area contributed by atoms with Gasteiger partial charge in [-0.1, -0.05) is 24.0 Å². The van der Waals surface area contributed by atoms with Crippen LogP contribution in [0.25, 0.3) is 0 Å². The molecular formula is C5H5N4O2S2. The second-order valence-electron chi connectivity index (χ2n) is 1.95. The summed E-state index contributed by atoms with van der Waals surface area (Å²) in [5, 5.41) is 21.8. The Morgan fingerprint density at radius 3 is 3.15 bits per heavy atom. The maximum atomic E-state index is 10.3. The maximum Gasteiger partial charge on any atom is 0.325 e. The Bertz CT molecular complexity index is 313.